The van der Waals surface area contributed by atoms with E-state index in [1.54, 1.807) is 11.1 Å². The summed E-state index contributed by atoms with van der Waals surface area (Å²) in [6, 6.07) is 10.7. The number of rotatable bonds is 2. The third kappa shape index (κ3) is 1.47. The van der Waals surface area contributed by atoms with E-state index in [0.29, 0.717) is 10.8 Å². The molecule has 4 aliphatic rings. The predicted octanol–water partition coefficient (Wildman–Crippen LogP) is 2.33. The van der Waals surface area contributed by atoms with Crippen LogP contribution in [0.2, 0.25) is 0 Å². The van der Waals surface area contributed by atoms with Crippen molar-refractivity contribution in [3.63, 3.8) is 0 Å². The molecular formula is C18H24N2. The minimum Gasteiger partial charge on any atom is -0.310 e. The first-order valence-electron chi connectivity index (χ1n) is 8.22. The van der Waals surface area contributed by atoms with E-state index in [2.05, 4.69) is 41.5 Å². The average molecular weight is 268 g/mol. The van der Waals surface area contributed by atoms with Crippen molar-refractivity contribution in [2.45, 2.75) is 49.6 Å². The standard InChI is InChI=1S/C18H24N2/c1-20-11-17(12-20)8-14(9-17)19-16-10-18(16)7-6-13-4-2-3-5-15(13)18/h2-5,14,16,19H,6-12H2,1H3. The van der Waals surface area contributed by atoms with Gasteiger partial charge in [-0.15, -0.1) is 0 Å². The molecule has 0 aromatic heterocycles. The Labute approximate surface area is 121 Å². The number of hydrogen-bond acceptors (Lipinski definition) is 2. The lowest BCUT2D eigenvalue weighted by molar-refractivity contribution is -0.0655. The topological polar surface area (TPSA) is 15.3 Å². The number of nitrogens with zero attached hydrogens (tertiary/aromatic N) is 1. The Morgan fingerprint density at radius 1 is 1.15 bits per heavy atom. The highest BCUT2D eigenvalue weighted by molar-refractivity contribution is 5.46. The highest BCUT2D eigenvalue weighted by Gasteiger charge is 2.60. The van der Waals surface area contributed by atoms with Gasteiger partial charge in [0.25, 0.3) is 0 Å². The van der Waals surface area contributed by atoms with Crippen molar-refractivity contribution in [3.05, 3.63) is 35.4 Å². The van der Waals surface area contributed by atoms with E-state index in [1.165, 1.54) is 45.2 Å². The third-order valence-corrected chi connectivity index (χ3v) is 6.48. The van der Waals surface area contributed by atoms with E-state index in [4.69, 9.17) is 0 Å². The van der Waals surface area contributed by atoms with Gasteiger partial charge >= 0.3 is 0 Å². The zero-order chi connectivity index (χ0) is 13.4. The highest BCUT2D eigenvalue weighted by atomic mass is 15.2. The first-order chi connectivity index (χ1) is 9.69. The molecule has 0 amide bonds. The van der Waals surface area contributed by atoms with Gasteiger partial charge in [0.15, 0.2) is 0 Å². The van der Waals surface area contributed by atoms with Crippen LogP contribution in [0.5, 0.6) is 0 Å². The van der Waals surface area contributed by atoms with Crippen LogP contribution in [0.15, 0.2) is 24.3 Å². The van der Waals surface area contributed by atoms with Gasteiger partial charge in [-0.1, -0.05) is 24.3 Å². The molecule has 2 saturated carbocycles. The zero-order valence-electron chi connectivity index (χ0n) is 12.4. The fraction of sp³-hybridized carbons (Fsp3) is 0.667. The molecule has 3 aliphatic carbocycles. The maximum Gasteiger partial charge on any atom is 0.0176 e. The number of aryl methyl sites for hydroxylation is 1. The summed E-state index contributed by atoms with van der Waals surface area (Å²) in [5, 5.41) is 3.98. The van der Waals surface area contributed by atoms with Crippen molar-refractivity contribution >= 4 is 0 Å². The Hall–Kier alpha value is -0.860. The molecule has 5 rings (SSSR count). The summed E-state index contributed by atoms with van der Waals surface area (Å²) in [4.78, 5) is 2.46. The molecule has 1 saturated heterocycles. The smallest absolute Gasteiger partial charge is 0.0176 e. The van der Waals surface area contributed by atoms with E-state index in [1.807, 2.05) is 0 Å². The van der Waals surface area contributed by atoms with Gasteiger partial charge in [0, 0.05) is 30.6 Å². The molecule has 2 atom stereocenters. The van der Waals surface area contributed by atoms with Gasteiger partial charge < -0.3 is 10.2 Å². The van der Waals surface area contributed by atoms with Crippen molar-refractivity contribution in [3.8, 4) is 0 Å². The van der Waals surface area contributed by atoms with Gasteiger partial charge in [-0.2, -0.15) is 0 Å². The Morgan fingerprint density at radius 2 is 1.95 bits per heavy atom. The average Bonchev–Trinajstić information content (AvgIpc) is 2.93. The van der Waals surface area contributed by atoms with Crippen molar-refractivity contribution < 1.29 is 0 Å². The van der Waals surface area contributed by atoms with Crippen LogP contribution < -0.4 is 5.32 Å². The molecular weight excluding hydrogens is 244 g/mol. The second-order valence-corrected chi connectivity index (χ2v) is 8.01. The van der Waals surface area contributed by atoms with Crippen LogP contribution in [-0.2, 0) is 11.8 Å². The Bertz CT molecular complexity index is 552. The maximum absolute atomic E-state index is 3.98. The van der Waals surface area contributed by atoms with Crippen LogP contribution in [-0.4, -0.2) is 37.1 Å². The molecule has 1 N–H and O–H groups in total. The number of hydrogen-bond donors (Lipinski definition) is 1. The van der Waals surface area contributed by atoms with Gasteiger partial charge in [-0.3, -0.25) is 0 Å². The summed E-state index contributed by atoms with van der Waals surface area (Å²) >= 11 is 0. The molecule has 0 bridgehead atoms. The molecule has 3 fully saturated rings. The molecule has 2 nitrogen and oxygen atoms in total. The monoisotopic (exact) mass is 268 g/mol. The summed E-state index contributed by atoms with van der Waals surface area (Å²) < 4.78 is 0. The van der Waals surface area contributed by atoms with Crippen LogP contribution in [0.1, 0.15) is 36.8 Å². The fourth-order valence-electron chi connectivity index (χ4n) is 5.56. The summed E-state index contributed by atoms with van der Waals surface area (Å²) in [6.07, 6.45) is 6.91. The van der Waals surface area contributed by atoms with Gasteiger partial charge in [0.05, 0.1) is 0 Å². The van der Waals surface area contributed by atoms with Crippen LogP contribution in [0.25, 0.3) is 0 Å². The first-order valence-corrected chi connectivity index (χ1v) is 8.22. The largest absolute Gasteiger partial charge is 0.310 e. The maximum atomic E-state index is 3.98. The van der Waals surface area contributed by atoms with Crippen LogP contribution in [0, 0.1) is 5.41 Å². The van der Waals surface area contributed by atoms with Crippen molar-refractivity contribution in [1.29, 1.82) is 0 Å². The molecule has 2 spiro atoms. The molecule has 106 valence electrons. The SMILES string of the molecule is CN1CC2(CC(NC3CC34CCc3ccccc34)C2)C1. The van der Waals surface area contributed by atoms with Crippen molar-refractivity contribution in [2.75, 3.05) is 20.1 Å². The number of likely N-dealkylation sites (tertiary alicyclic amines) is 1. The van der Waals surface area contributed by atoms with Crippen LogP contribution in [0.4, 0.5) is 0 Å². The van der Waals surface area contributed by atoms with Gasteiger partial charge in [0.2, 0.25) is 0 Å². The molecule has 1 aromatic carbocycles. The highest BCUT2D eigenvalue weighted by Crippen LogP contribution is 2.58. The first kappa shape index (κ1) is 11.8. The molecule has 20 heavy (non-hydrogen) atoms. The van der Waals surface area contributed by atoms with Crippen molar-refractivity contribution in [1.82, 2.24) is 10.2 Å². The van der Waals surface area contributed by atoms with Crippen LogP contribution >= 0.6 is 0 Å². The minimum absolute atomic E-state index is 0.524. The van der Waals surface area contributed by atoms with Crippen LogP contribution in [0.3, 0.4) is 0 Å². The molecule has 1 aromatic rings. The van der Waals surface area contributed by atoms with E-state index >= 15 is 0 Å². The van der Waals surface area contributed by atoms with Gasteiger partial charge in [-0.05, 0) is 55.7 Å². The third-order valence-electron chi connectivity index (χ3n) is 6.48. The number of benzene rings is 1. The fourth-order valence-corrected chi connectivity index (χ4v) is 5.56. The summed E-state index contributed by atoms with van der Waals surface area (Å²) in [7, 11) is 2.25. The van der Waals surface area contributed by atoms with E-state index < -0.39 is 0 Å². The Kier molecular flexibility index (Phi) is 2.15. The van der Waals surface area contributed by atoms with E-state index in [9.17, 15) is 0 Å². The predicted molar refractivity (Wildman–Crippen MR) is 80.9 cm³/mol. The molecule has 2 heteroatoms. The Balaban J connectivity index is 1.24. The quantitative estimate of drug-likeness (QED) is 0.885. The lowest BCUT2D eigenvalue weighted by Crippen LogP contribution is -2.65. The molecule has 2 unspecified atom stereocenters. The van der Waals surface area contributed by atoms with Gasteiger partial charge in [0.1, 0.15) is 0 Å². The van der Waals surface area contributed by atoms with Crippen molar-refractivity contribution in [2.24, 2.45) is 5.41 Å². The Morgan fingerprint density at radius 3 is 2.75 bits per heavy atom. The van der Waals surface area contributed by atoms with Gasteiger partial charge in [-0.25, -0.2) is 0 Å². The van der Waals surface area contributed by atoms with E-state index in [0.717, 1.165) is 12.1 Å². The lowest BCUT2D eigenvalue weighted by Gasteiger charge is -2.58. The summed E-state index contributed by atoms with van der Waals surface area (Å²) in [6.45, 7) is 2.67. The lowest BCUT2D eigenvalue weighted by atomic mass is 9.61. The number of nitrogens with one attached hydrogen (secondary N) is 1. The van der Waals surface area contributed by atoms with E-state index in [-0.39, 0.29) is 0 Å². The molecule has 1 aliphatic heterocycles. The normalized spacial score (nSPS) is 37.8. The molecule has 0 radical (unpaired) electrons. The summed E-state index contributed by atoms with van der Waals surface area (Å²) in [5.41, 5.74) is 4.51. The second kappa shape index (κ2) is 3.66. The molecule has 1 heterocycles. The minimum atomic E-state index is 0.524. The summed E-state index contributed by atoms with van der Waals surface area (Å²) in [5.74, 6) is 0. The second-order valence-electron chi connectivity index (χ2n) is 8.01. The number of fused-ring (bicyclic) bond motifs is 2. The zero-order valence-corrected chi connectivity index (χ0v) is 12.4.